The Bertz CT molecular complexity index is 2780. The molecule has 0 aromatic heterocycles. The molecule has 0 aliphatic carbocycles. The minimum absolute atomic E-state index is 1.11. The zero-order valence-corrected chi connectivity index (χ0v) is 35.4. The summed E-state index contributed by atoms with van der Waals surface area (Å²) < 4.78 is 0. The van der Waals surface area contributed by atoms with Crippen LogP contribution in [0.15, 0.2) is 237 Å². The van der Waals surface area contributed by atoms with Gasteiger partial charge in [0.1, 0.15) is 0 Å². The van der Waals surface area contributed by atoms with Crippen molar-refractivity contribution in [1.82, 2.24) is 0 Å². The van der Waals surface area contributed by atoms with Gasteiger partial charge in [-0.2, -0.15) is 0 Å². The van der Waals surface area contributed by atoms with Gasteiger partial charge in [0.25, 0.3) is 0 Å². The molecule has 0 amide bonds. The zero-order chi connectivity index (χ0) is 40.9. The summed E-state index contributed by atoms with van der Waals surface area (Å²) in [5.41, 5.74) is 16.3. The number of benzene rings is 9. The Morgan fingerprint density at radius 1 is 0.233 bits per heavy atom. The molecule has 0 radical (unpaired) electrons. The molecule has 3 heteroatoms. The molecule has 9 rings (SSSR count). The lowest BCUT2D eigenvalue weighted by atomic mass is 9.99. The molecule has 290 valence electrons. The van der Waals surface area contributed by atoms with Crippen LogP contribution in [0.2, 0.25) is 19.6 Å². The highest BCUT2D eigenvalue weighted by Gasteiger charge is 2.17. The average molecular weight is 789 g/mol. The minimum atomic E-state index is -1.34. The molecule has 0 atom stereocenters. The predicted octanol–water partition coefficient (Wildman–Crippen LogP) is 15.8. The summed E-state index contributed by atoms with van der Waals surface area (Å²) in [6, 6.07) is 85.4. The van der Waals surface area contributed by atoms with Crippen molar-refractivity contribution in [2.45, 2.75) is 19.6 Å². The van der Waals surface area contributed by atoms with E-state index in [1.807, 2.05) is 0 Å². The van der Waals surface area contributed by atoms with Gasteiger partial charge in [0.15, 0.2) is 0 Å². The van der Waals surface area contributed by atoms with Crippen molar-refractivity contribution in [1.29, 1.82) is 0 Å². The third-order valence-electron chi connectivity index (χ3n) is 11.3. The topological polar surface area (TPSA) is 6.48 Å². The molecule has 9 aromatic carbocycles. The summed E-state index contributed by atoms with van der Waals surface area (Å²) in [5, 5.41) is 1.48. The highest BCUT2D eigenvalue weighted by Crippen LogP contribution is 2.39. The van der Waals surface area contributed by atoms with E-state index in [0.717, 1.165) is 34.1 Å². The number of hydrogen-bond donors (Lipinski definition) is 0. The first kappa shape index (κ1) is 38.3. The average Bonchev–Trinajstić information content (AvgIpc) is 3.31. The summed E-state index contributed by atoms with van der Waals surface area (Å²) in [7, 11) is -1.34. The molecule has 2 nitrogen and oxygen atoms in total. The van der Waals surface area contributed by atoms with Crippen molar-refractivity contribution in [3.05, 3.63) is 237 Å². The van der Waals surface area contributed by atoms with Crippen LogP contribution in [0.3, 0.4) is 0 Å². The van der Waals surface area contributed by atoms with E-state index < -0.39 is 8.07 Å². The lowest BCUT2D eigenvalue weighted by Crippen LogP contribution is -2.37. The van der Waals surface area contributed by atoms with Gasteiger partial charge >= 0.3 is 0 Å². The number of nitrogens with zero attached hydrogens (tertiary/aromatic N) is 2. The maximum atomic E-state index is 2.39. The summed E-state index contributed by atoms with van der Waals surface area (Å²) in [6.07, 6.45) is 0. The lowest BCUT2D eigenvalue weighted by molar-refractivity contribution is 1.28. The molecule has 0 saturated carbocycles. The second-order valence-electron chi connectivity index (χ2n) is 16.3. The first-order valence-corrected chi connectivity index (χ1v) is 24.3. The van der Waals surface area contributed by atoms with Crippen LogP contribution >= 0.6 is 0 Å². The highest BCUT2D eigenvalue weighted by atomic mass is 28.3. The van der Waals surface area contributed by atoms with Crippen LogP contribution in [-0.4, -0.2) is 8.07 Å². The fraction of sp³-hybridized carbons (Fsp3) is 0.0526. The van der Waals surface area contributed by atoms with Gasteiger partial charge in [-0.15, -0.1) is 0 Å². The fourth-order valence-electron chi connectivity index (χ4n) is 7.93. The molecule has 9 aromatic rings. The molecule has 0 unspecified atom stereocenters. The Balaban J connectivity index is 0.943. The molecule has 0 heterocycles. The third-order valence-corrected chi connectivity index (χ3v) is 13.3. The number of anilines is 6. The van der Waals surface area contributed by atoms with Crippen molar-refractivity contribution >= 4 is 47.4 Å². The monoisotopic (exact) mass is 788 g/mol. The van der Waals surface area contributed by atoms with Crippen LogP contribution < -0.4 is 15.0 Å². The van der Waals surface area contributed by atoms with Crippen LogP contribution in [-0.2, 0) is 0 Å². The SMILES string of the molecule is C[Si](C)(C)c1ccc(-c2ccc(N(c3ccccc3)c3ccc(-c4ccc(-c5ccc(N(c6ccccc6)c6cccc(-c7ccccc7)c6)cc5)cc4)cc3)cc2)cc1. The van der Waals surface area contributed by atoms with E-state index >= 15 is 0 Å². The summed E-state index contributed by atoms with van der Waals surface area (Å²) >= 11 is 0. The van der Waals surface area contributed by atoms with Gasteiger partial charge in [0.2, 0.25) is 0 Å². The normalized spacial score (nSPS) is 11.2. The molecule has 0 fully saturated rings. The van der Waals surface area contributed by atoms with Gasteiger partial charge in [-0.3, -0.25) is 0 Å². The maximum Gasteiger partial charge on any atom is 0.0775 e. The number of hydrogen-bond acceptors (Lipinski definition) is 2. The van der Waals surface area contributed by atoms with E-state index in [0.29, 0.717) is 0 Å². The van der Waals surface area contributed by atoms with Crippen molar-refractivity contribution < 1.29 is 0 Å². The maximum absolute atomic E-state index is 2.39. The van der Waals surface area contributed by atoms with E-state index in [1.54, 1.807) is 0 Å². The summed E-state index contributed by atoms with van der Waals surface area (Å²) in [6.45, 7) is 7.18. The van der Waals surface area contributed by atoms with Crippen molar-refractivity contribution in [3.8, 4) is 44.5 Å². The first-order chi connectivity index (χ1) is 29.4. The van der Waals surface area contributed by atoms with Crippen molar-refractivity contribution in [2.75, 3.05) is 9.80 Å². The molecule has 0 bridgehead atoms. The molecule has 0 aliphatic rings. The smallest absolute Gasteiger partial charge is 0.0775 e. The van der Waals surface area contributed by atoms with Crippen molar-refractivity contribution in [3.63, 3.8) is 0 Å². The second kappa shape index (κ2) is 17.0. The number of para-hydroxylation sites is 2. The van der Waals surface area contributed by atoms with Gasteiger partial charge in [-0.1, -0.05) is 189 Å². The van der Waals surface area contributed by atoms with E-state index in [2.05, 4.69) is 266 Å². The minimum Gasteiger partial charge on any atom is -0.311 e. The van der Waals surface area contributed by atoms with Crippen LogP contribution in [0, 0.1) is 0 Å². The Morgan fingerprint density at radius 3 is 0.883 bits per heavy atom. The van der Waals surface area contributed by atoms with Crippen LogP contribution in [0.5, 0.6) is 0 Å². The molecule has 60 heavy (non-hydrogen) atoms. The Morgan fingerprint density at radius 2 is 0.500 bits per heavy atom. The molecular weight excluding hydrogens is 741 g/mol. The van der Waals surface area contributed by atoms with Gasteiger partial charge in [-0.25, -0.2) is 0 Å². The molecule has 0 N–H and O–H groups in total. The van der Waals surface area contributed by atoms with E-state index in [4.69, 9.17) is 0 Å². The molecule has 0 saturated heterocycles. The molecule has 0 aliphatic heterocycles. The number of rotatable bonds is 11. The zero-order valence-electron chi connectivity index (χ0n) is 34.4. The van der Waals surface area contributed by atoms with Gasteiger partial charge in [0, 0.05) is 34.1 Å². The Kier molecular flexibility index (Phi) is 10.8. The Hall–Kier alpha value is -7.20. The largest absolute Gasteiger partial charge is 0.311 e. The van der Waals surface area contributed by atoms with Crippen molar-refractivity contribution in [2.24, 2.45) is 0 Å². The quantitative estimate of drug-likeness (QED) is 0.120. The fourth-order valence-corrected chi connectivity index (χ4v) is 9.10. The molecule has 0 spiro atoms. The van der Waals surface area contributed by atoms with Crippen LogP contribution in [0.25, 0.3) is 44.5 Å². The summed E-state index contributed by atoms with van der Waals surface area (Å²) in [4.78, 5) is 4.65. The summed E-state index contributed by atoms with van der Waals surface area (Å²) in [5.74, 6) is 0. The van der Waals surface area contributed by atoms with E-state index in [-0.39, 0.29) is 0 Å². The van der Waals surface area contributed by atoms with Gasteiger partial charge < -0.3 is 9.80 Å². The van der Waals surface area contributed by atoms with Crippen LogP contribution in [0.4, 0.5) is 34.1 Å². The Labute approximate surface area is 356 Å². The predicted molar refractivity (Wildman–Crippen MR) is 261 cm³/mol. The van der Waals surface area contributed by atoms with Gasteiger partial charge in [-0.05, 0) is 117 Å². The second-order valence-corrected chi connectivity index (χ2v) is 21.4. The van der Waals surface area contributed by atoms with Gasteiger partial charge in [0.05, 0.1) is 8.07 Å². The van der Waals surface area contributed by atoms with E-state index in [9.17, 15) is 0 Å². The lowest BCUT2D eigenvalue weighted by Gasteiger charge is -2.26. The third kappa shape index (κ3) is 8.35. The highest BCUT2D eigenvalue weighted by molar-refractivity contribution is 6.88. The first-order valence-electron chi connectivity index (χ1n) is 20.8. The van der Waals surface area contributed by atoms with E-state index in [1.165, 1.54) is 49.7 Å². The van der Waals surface area contributed by atoms with Crippen LogP contribution in [0.1, 0.15) is 0 Å². The molecular formula is C57H48N2Si. The standard InChI is InChI=1S/C57H48N2Si/c1-60(2,3)57-40-32-49(33-41-57)48-28-36-54(37-29-48)58(51-17-9-5-10-18-51)53-34-26-46(27-35-53)44-22-24-45(25-23-44)47-30-38-55(39-31-47)59(52-19-11-6-12-20-52)56-21-13-16-50(42-56)43-14-7-4-8-15-43/h4-42H,1-3H3.